The van der Waals surface area contributed by atoms with Crippen LogP contribution in [0.1, 0.15) is 26.3 Å². The fourth-order valence-corrected chi connectivity index (χ4v) is 2.74. The molecule has 1 unspecified atom stereocenters. The van der Waals surface area contributed by atoms with Crippen LogP contribution in [0.2, 0.25) is 0 Å². The quantitative estimate of drug-likeness (QED) is 0.893. The molecule has 1 aromatic rings. The third kappa shape index (κ3) is 5.00. The largest absolute Gasteiger partial charge is 0.444 e. The van der Waals surface area contributed by atoms with E-state index >= 15 is 0 Å². The molecule has 2 rings (SSSR count). The number of carbonyl (C=O) groups excluding carboxylic acids is 1. The van der Waals surface area contributed by atoms with E-state index in [1.165, 1.54) is 5.56 Å². The highest BCUT2D eigenvalue weighted by atomic mass is 16.6. The van der Waals surface area contributed by atoms with Crippen LogP contribution >= 0.6 is 0 Å². The predicted molar refractivity (Wildman–Crippen MR) is 85.5 cm³/mol. The van der Waals surface area contributed by atoms with Gasteiger partial charge in [0.05, 0.1) is 6.04 Å². The molecule has 1 heterocycles. The normalized spacial score (nSPS) is 22.5. The van der Waals surface area contributed by atoms with Gasteiger partial charge in [-0.15, -0.1) is 0 Å². The predicted octanol–water partition coefficient (Wildman–Crippen LogP) is 2.00. The first kappa shape index (κ1) is 16.8. The van der Waals surface area contributed by atoms with Gasteiger partial charge in [0.25, 0.3) is 0 Å². The molecular formula is C17H26N2O3. The standard InChI is InChI=1S/C17H26N2O3/c1-17(2,3)22-16(21)18-15-11-19(10-14(15)12-20)9-13-7-5-4-6-8-13/h4-8,14-15,20H,9-12H2,1-3H3,(H,18,21)/t14-,15?/m1/s1. The van der Waals surface area contributed by atoms with Crippen molar-refractivity contribution in [3.8, 4) is 0 Å². The molecule has 1 aliphatic heterocycles. The second kappa shape index (κ2) is 7.11. The van der Waals surface area contributed by atoms with Crippen molar-refractivity contribution in [2.45, 2.75) is 39.0 Å². The van der Waals surface area contributed by atoms with Crippen LogP contribution in [0.5, 0.6) is 0 Å². The smallest absolute Gasteiger partial charge is 0.407 e. The summed E-state index contributed by atoms with van der Waals surface area (Å²) in [7, 11) is 0. The summed E-state index contributed by atoms with van der Waals surface area (Å²) in [6.07, 6.45) is -0.419. The molecule has 1 saturated heterocycles. The highest BCUT2D eigenvalue weighted by Crippen LogP contribution is 2.19. The van der Waals surface area contributed by atoms with Crippen LogP contribution in [-0.2, 0) is 11.3 Å². The summed E-state index contributed by atoms with van der Waals surface area (Å²) in [6.45, 7) is 7.90. The van der Waals surface area contributed by atoms with Crippen molar-refractivity contribution in [3.05, 3.63) is 35.9 Å². The van der Waals surface area contributed by atoms with Crippen LogP contribution in [-0.4, -0.2) is 47.4 Å². The van der Waals surface area contributed by atoms with Gasteiger partial charge in [-0.1, -0.05) is 30.3 Å². The number of alkyl carbamates (subject to hydrolysis) is 1. The molecule has 5 heteroatoms. The number of likely N-dealkylation sites (tertiary alicyclic amines) is 1. The number of amides is 1. The Balaban J connectivity index is 1.90. The summed E-state index contributed by atoms with van der Waals surface area (Å²) in [5, 5.41) is 12.4. The molecule has 0 radical (unpaired) electrons. The molecule has 0 bridgehead atoms. The maximum absolute atomic E-state index is 11.9. The van der Waals surface area contributed by atoms with E-state index in [0.29, 0.717) is 0 Å². The van der Waals surface area contributed by atoms with E-state index in [9.17, 15) is 9.90 Å². The number of nitrogens with one attached hydrogen (secondary N) is 1. The van der Waals surface area contributed by atoms with Gasteiger partial charge in [0.15, 0.2) is 0 Å². The lowest BCUT2D eigenvalue weighted by Gasteiger charge is -2.23. The maximum Gasteiger partial charge on any atom is 0.407 e. The zero-order valence-corrected chi connectivity index (χ0v) is 13.6. The van der Waals surface area contributed by atoms with Crippen LogP contribution in [0.25, 0.3) is 0 Å². The first-order valence-electron chi connectivity index (χ1n) is 7.74. The minimum absolute atomic E-state index is 0.0382. The van der Waals surface area contributed by atoms with Crippen molar-refractivity contribution < 1.29 is 14.6 Å². The summed E-state index contributed by atoms with van der Waals surface area (Å²) in [6, 6.07) is 10.1. The van der Waals surface area contributed by atoms with Gasteiger partial charge in [-0.05, 0) is 26.3 Å². The highest BCUT2D eigenvalue weighted by molar-refractivity contribution is 5.68. The topological polar surface area (TPSA) is 61.8 Å². The van der Waals surface area contributed by atoms with Crippen molar-refractivity contribution in [1.82, 2.24) is 10.2 Å². The summed E-state index contributed by atoms with van der Waals surface area (Å²) in [5.41, 5.74) is 0.721. The lowest BCUT2D eigenvalue weighted by molar-refractivity contribution is 0.0487. The second-order valence-corrected chi connectivity index (χ2v) is 6.88. The number of hydrogen-bond donors (Lipinski definition) is 2. The molecule has 2 N–H and O–H groups in total. The first-order chi connectivity index (χ1) is 10.4. The van der Waals surface area contributed by atoms with Crippen LogP contribution in [0.3, 0.4) is 0 Å². The lowest BCUT2D eigenvalue weighted by atomic mass is 10.1. The number of aliphatic hydroxyl groups is 1. The molecule has 0 aliphatic carbocycles. The third-order valence-corrected chi connectivity index (χ3v) is 3.70. The fourth-order valence-electron chi connectivity index (χ4n) is 2.74. The average Bonchev–Trinajstić information content (AvgIpc) is 2.79. The van der Waals surface area contributed by atoms with Crippen molar-refractivity contribution in [1.29, 1.82) is 0 Å². The van der Waals surface area contributed by atoms with Gasteiger partial charge in [-0.25, -0.2) is 4.79 Å². The van der Waals surface area contributed by atoms with Crippen molar-refractivity contribution in [2.75, 3.05) is 19.7 Å². The number of benzene rings is 1. The van der Waals surface area contributed by atoms with Crippen LogP contribution in [0.15, 0.2) is 30.3 Å². The molecule has 2 atom stereocenters. The Morgan fingerprint density at radius 3 is 2.59 bits per heavy atom. The monoisotopic (exact) mass is 306 g/mol. The van der Waals surface area contributed by atoms with Gasteiger partial charge in [-0.2, -0.15) is 0 Å². The summed E-state index contributed by atoms with van der Waals surface area (Å²) >= 11 is 0. The Bertz CT molecular complexity index is 484. The minimum atomic E-state index is -0.513. The van der Waals surface area contributed by atoms with E-state index in [0.717, 1.165) is 19.6 Å². The SMILES string of the molecule is CC(C)(C)OC(=O)NC1CN(Cc2ccccc2)C[C@@H]1CO. The van der Waals surface area contributed by atoms with Gasteiger partial charge in [0.2, 0.25) is 0 Å². The van der Waals surface area contributed by atoms with E-state index in [1.54, 1.807) is 0 Å². The van der Waals surface area contributed by atoms with Crippen LogP contribution in [0.4, 0.5) is 4.79 Å². The average molecular weight is 306 g/mol. The lowest BCUT2D eigenvalue weighted by Crippen LogP contribution is -2.44. The molecule has 0 saturated carbocycles. The fraction of sp³-hybridized carbons (Fsp3) is 0.588. The molecule has 0 aromatic heterocycles. The Hall–Kier alpha value is -1.59. The molecule has 1 fully saturated rings. The van der Waals surface area contributed by atoms with Gasteiger partial charge >= 0.3 is 6.09 Å². The molecule has 122 valence electrons. The third-order valence-electron chi connectivity index (χ3n) is 3.70. The van der Waals surface area contributed by atoms with Crippen LogP contribution < -0.4 is 5.32 Å². The summed E-state index contributed by atoms with van der Waals surface area (Å²) in [5.74, 6) is 0.0382. The first-order valence-corrected chi connectivity index (χ1v) is 7.74. The number of rotatable bonds is 4. The van der Waals surface area contributed by atoms with E-state index in [2.05, 4.69) is 22.3 Å². The van der Waals surface area contributed by atoms with Crippen LogP contribution in [0, 0.1) is 5.92 Å². The van der Waals surface area contributed by atoms with Crippen molar-refractivity contribution >= 4 is 6.09 Å². The number of ether oxygens (including phenoxy) is 1. The number of hydrogen-bond acceptors (Lipinski definition) is 4. The molecule has 1 aromatic carbocycles. The molecular weight excluding hydrogens is 280 g/mol. The Morgan fingerprint density at radius 2 is 2.00 bits per heavy atom. The Morgan fingerprint density at radius 1 is 1.32 bits per heavy atom. The molecule has 0 spiro atoms. The molecule has 22 heavy (non-hydrogen) atoms. The van der Waals surface area contributed by atoms with Crippen molar-refractivity contribution in [3.63, 3.8) is 0 Å². The highest BCUT2D eigenvalue weighted by Gasteiger charge is 2.34. The summed E-state index contributed by atoms with van der Waals surface area (Å²) < 4.78 is 5.30. The second-order valence-electron chi connectivity index (χ2n) is 6.88. The van der Waals surface area contributed by atoms with Gasteiger partial charge in [0.1, 0.15) is 5.60 Å². The number of nitrogens with zero attached hydrogens (tertiary/aromatic N) is 1. The molecule has 5 nitrogen and oxygen atoms in total. The Labute approximate surface area is 132 Å². The van der Waals surface area contributed by atoms with Gasteiger partial charge in [-0.3, -0.25) is 4.90 Å². The zero-order valence-electron chi connectivity index (χ0n) is 13.6. The van der Waals surface area contributed by atoms with E-state index < -0.39 is 11.7 Å². The number of carbonyl (C=O) groups is 1. The number of aliphatic hydroxyl groups excluding tert-OH is 1. The van der Waals surface area contributed by atoms with E-state index in [-0.39, 0.29) is 18.6 Å². The maximum atomic E-state index is 11.9. The van der Waals surface area contributed by atoms with Crippen molar-refractivity contribution in [2.24, 2.45) is 5.92 Å². The minimum Gasteiger partial charge on any atom is -0.444 e. The Kier molecular flexibility index (Phi) is 5.42. The van der Waals surface area contributed by atoms with E-state index in [4.69, 9.17) is 4.74 Å². The summed E-state index contributed by atoms with van der Waals surface area (Å²) in [4.78, 5) is 14.2. The van der Waals surface area contributed by atoms with Gasteiger partial charge < -0.3 is 15.2 Å². The van der Waals surface area contributed by atoms with E-state index in [1.807, 2.05) is 39.0 Å². The van der Waals surface area contributed by atoms with Gasteiger partial charge in [0, 0.05) is 32.2 Å². The molecule has 1 aliphatic rings. The molecule has 1 amide bonds. The zero-order chi connectivity index (χ0) is 16.2.